The van der Waals surface area contributed by atoms with E-state index in [2.05, 4.69) is 10.3 Å². The van der Waals surface area contributed by atoms with E-state index in [9.17, 15) is 34.8 Å². The van der Waals surface area contributed by atoms with Crippen LogP contribution in [0.5, 0.6) is 0 Å². The molecule has 0 aliphatic carbocycles. The van der Waals surface area contributed by atoms with Crippen LogP contribution in [0.25, 0.3) is 0 Å². The van der Waals surface area contributed by atoms with Gasteiger partial charge in [-0.3, -0.25) is 19.6 Å². The maximum atomic E-state index is 13.1. The summed E-state index contributed by atoms with van der Waals surface area (Å²) >= 11 is 1.17. The van der Waals surface area contributed by atoms with Gasteiger partial charge in [0.1, 0.15) is 35.5 Å². The largest absolute Gasteiger partial charge is 0.394 e. The minimum absolute atomic E-state index is 0.000260. The molecule has 3 saturated heterocycles. The van der Waals surface area contributed by atoms with Crippen molar-refractivity contribution in [1.29, 1.82) is 0 Å². The lowest BCUT2D eigenvalue weighted by Gasteiger charge is -2.47. The highest BCUT2D eigenvalue weighted by Gasteiger charge is 2.56. The standard InChI is InChI=1S/C21H30N4O9S/c1-9-6-24(14-4-10(28)12(7-26)33-14)19(31)22-16(9)17-21(2,35-3)18(30)23-20(32)25(17)15-5-11(29)13(8-27)34-15/h6,10-15,17,26-29H,4-5,7-8H2,1-3H3,(H,23,30,32)/t10-,11-,12+,13+,14+,15+,17-,21+/m0/s1. The van der Waals surface area contributed by atoms with Crippen molar-refractivity contribution in [1.82, 2.24) is 19.8 Å². The zero-order valence-corrected chi connectivity index (χ0v) is 20.3. The summed E-state index contributed by atoms with van der Waals surface area (Å²) in [6, 6.07) is -1.79. The summed E-state index contributed by atoms with van der Waals surface area (Å²) in [6.45, 7) is 2.44. The Labute approximate surface area is 205 Å². The van der Waals surface area contributed by atoms with Gasteiger partial charge in [0.15, 0.2) is 0 Å². The number of rotatable bonds is 6. The molecule has 0 bridgehead atoms. The van der Waals surface area contributed by atoms with Crippen LogP contribution in [-0.2, 0) is 14.3 Å². The minimum atomic E-state index is -1.27. The van der Waals surface area contributed by atoms with Crippen LogP contribution in [0.1, 0.15) is 43.3 Å². The van der Waals surface area contributed by atoms with Gasteiger partial charge in [-0.15, -0.1) is 11.8 Å². The predicted molar refractivity (Wildman–Crippen MR) is 121 cm³/mol. The number of nitrogens with one attached hydrogen (secondary N) is 1. The summed E-state index contributed by atoms with van der Waals surface area (Å²) in [4.78, 5) is 44.6. The zero-order chi connectivity index (χ0) is 25.7. The Morgan fingerprint density at radius 1 is 1.11 bits per heavy atom. The highest BCUT2D eigenvalue weighted by Crippen LogP contribution is 2.46. The van der Waals surface area contributed by atoms with Crippen molar-refractivity contribution in [2.24, 2.45) is 0 Å². The first kappa shape index (κ1) is 26.0. The third kappa shape index (κ3) is 4.37. The average Bonchev–Trinajstić information content (AvgIpc) is 3.38. The first-order chi connectivity index (χ1) is 16.5. The van der Waals surface area contributed by atoms with Crippen molar-refractivity contribution in [3.63, 3.8) is 0 Å². The summed E-state index contributed by atoms with van der Waals surface area (Å²) in [5, 5.41) is 41.5. The molecule has 13 nitrogen and oxygen atoms in total. The molecule has 14 heteroatoms. The van der Waals surface area contributed by atoms with E-state index in [-0.39, 0.29) is 18.5 Å². The molecule has 3 amide bonds. The second kappa shape index (κ2) is 9.76. The van der Waals surface area contributed by atoms with Gasteiger partial charge in [0.05, 0.1) is 31.1 Å². The van der Waals surface area contributed by atoms with Crippen molar-refractivity contribution in [2.45, 2.75) is 74.3 Å². The van der Waals surface area contributed by atoms with Gasteiger partial charge in [0.25, 0.3) is 0 Å². The lowest BCUT2D eigenvalue weighted by molar-refractivity contribution is -0.131. The molecule has 4 rings (SSSR count). The first-order valence-corrected chi connectivity index (χ1v) is 12.5. The van der Waals surface area contributed by atoms with Crippen LogP contribution in [0, 0.1) is 6.92 Å². The Morgan fingerprint density at radius 2 is 1.69 bits per heavy atom. The number of urea groups is 1. The number of nitrogens with zero attached hydrogens (tertiary/aromatic N) is 3. The molecule has 5 N–H and O–H groups in total. The summed E-state index contributed by atoms with van der Waals surface area (Å²) in [5.41, 5.74) is -0.0666. The number of aromatic nitrogens is 2. The summed E-state index contributed by atoms with van der Waals surface area (Å²) < 4.78 is 11.3. The Bertz CT molecular complexity index is 1050. The molecule has 0 saturated carbocycles. The van der Waals surface area contributed by atoms with Crippen molar-refractivity contribution in [3.05, 3.63) is 27.9 Å². The fourth-order valence-corrected chi connectivity index (χ4v) is 5.53. The number of carbonyl (C=O) groups is 2. The van der Waals surface area contributed by atoms with E-state index in [1.807, 2.05) is 0 Å². The van der Waals surface area contributed by atoms with Gasteiger partial charge in [-0.1, -0.05) is 0 Å². The molecule has 3 fully saturated rings. The lowest BCUT2D eigenvalue weighted by Crippen LogP contribution is -2.65. The number of ether oxygens (including phenoxy) is 2. The number of imide groups is 1. The summed E-state index contributed by atoms with van der Waals surface area (Å²) in [7, 11) is 0. The lowest BCUT2D eigenvalue weighted by atomic mass is 9.90. The predicted octanol–water partition coefficient (Wildman–Crippen LogP) is -1.62. The summed E-state index contributed by atoms with van der Waals surface area (Å²) in [5.74, 6) is -0.563. The van der Waals surface area contributed by atoms with Gasteiger partial charge in [-0.25, -0.2) is 9.59 Å². The van der Waals surface area contributed by atoms with E-state index < -0.39 is 78.5 Å². The maximum Gasteiger partial charge on any atom is 0.349 e. The molecule has 0 unspecified atom stereocenters. The highest BCUT2D eigenvalue weighted by atomic mass is 32.2. The number of aliphatic hydroxyl groups excluding tert-OH is 4. The molecule has 1 aromatic heterocycles. The maximum absolute atomic E-state index is 13.1. The number of thioether (sulfide) groups is 1. The first-order valence-electron chi connectivity index (χ1n) is 11.2. The molecular formula is C21H30N4O9S. The van der Waals surface area contributed by atoms with Gasteiger partial charge in [-0.2, -0.15) is 4.98 Å². The summed E-state index contributed by atoms with van der Waals surface area (Å²) in [6.07, 6.45) is -2.25. The fraction of sp³-hybridized carbons (Fsp3) is 0.714. The van der Waals surface area contributed by atoms with Crippen LogP contribution in [0.4, 0.5) is 4.79 Å². The number of hydrogen-bond acceptors (Lipinski definition) is 11. The topological polar surface area (TPSA) is 184 Å². The van der Waals surface area contributed by atoms with Gasteiger partial charge in [0.2, 0.25) is 5.91 Å². The van der Waals surface area contributed by atoms with Crippen molar-refractivity contribution in [3.8, 4) is 0 Å². The number of aryl methyl sites for hydroxylation is 1. The van der Waals surface area contributed by atoms with E-state index in [1.165, 1.54) is 27.4 Å². The van der Waals surface area contributed by atoms with Crippen LogP contribution in [0.2, 0.25) is 0 Å². The van der Waals surface area contributed by atoms with E-state index >= 15 is 0 Å². The fourth-order valence-electron chi connectivity index (χ4n) is 4.85. The smallest absolute Gasteiger partial charge is 0.349 e. The van der Waals surface area contributed by atoms with Crippen LogP contribution in [-0.4, -0.2) is 102 Å². The molecule has 8 atom stereocenters. The van der Waals surface area contributed by atoms with Gasteiger partial charge >= 0.3 is 11.7 Å². The van der Waals surface area contributed by atoms with Crippen LogP contribution in [0.15, 0.2) is 11.0 Å². The molecule has 0 spiro atoms. The van der Waals surface area contributed by atoms with E-state index in [4.69, 9.17) is 9.47 Å². The number of hydrogen-bond donors (Lipinski definition) is 5. The Morgan fingerprint density at radius 3 is 2.23 bits per heavy atom. The molecule has 194 valence electrons. The second-order valence-electron chi connectivity index (χ2n) is 9.11. The number of carbonyl (C=O) groups excluding carboxylic acids is 2. The molecule has 0 radical (unpaired) electrons. The normalized spacial score (nSPS) is 37.7. The van der Waals surface area contributed by atoms with Crippen LogP contribution < -0.4 is 11.0 Å². The molecule has 0 aromatic carbocycles. The molecule has 3 aliphatic rings. The molecular weight excluding hydrogens is 484 g/mol. The van der Waals surface area contributed by atoms with E-state index in [0.29, 0.717) is 5.56 Å². The molecule has 35 heavy (non-hydrogen) atoms. The monoisotopic (exact) mass is 514 g/mol. The van der Waals surface area contributed by atoms with Gasteiger partial charge in [0, 0.05) is 19.0 Å². The number of amides is 3. The minimum Gasteiger partial charge on any atom is -0.394 e. The van der Waals surface area contributed by atoms with Crippen LogP contribution in [0.3, 0.4) is 0 Å². The van der Waals surface area contributed by atoms with Gasteiger partial charge < -0.3 is 29.9 Å². The number of aliphatic hydroxyl groups is 4. The molecule has 1 aromatic rings. The van der Waals surface area contributed by atoms with Crippen molar-refractivity contribution < 1.29 is 39.5 Å². The van der Waals surface area contributed by atoms with Crippen molar-refractivity contribution >= 4 is 23.7 Å². The Balaban J connectivity index is 1.78. The zero-order valence-electron chi connectivity index (χ0n) is 19.5. The third-order valence-electron chi connectivity index (χ3n) is 6.95. The van der Waals surface area contributed by atoms with Crippen molar-refractivity contribution in [2.75, 3.05) is 19.5 Å². The Hall–Kier alpha value is -2.07. The van der Waals surface area contributed by atoms with Gasteiger partial charge in [-0.05, 0) is 25.7 Å². The highest BCUT2D eigenvalue weighted by molar-refractivity contribution is 8.00. The average molecular weight is 515 g/mol. The molecule has 3 aliphatic heterocycles. The Kier molecular flexibility index (Phi) is 7.26. The third-order valence-corrected chi connectivity index (χ3v) is 8.21. The van der Waals surface area contributed by atoms with E-state index in [0.717, 1.165) is 0 Å². The van der Waals surface area contributed by atoms with E-state index in [1.54, 1.807) is 20.1 Å². The SMILES string of the molecule is CS[C@@]1(C)C(=O)NC(=O)N([C@H]2C[C@H](O)[C@@H](CO)O2)[C@H]1c1nc(=O)n([C@H]2C[C@H](O)[C@@H](CO)O2)cc1C. The second-order valence-corrected chi connectivity index (χ2v) is 10.4. The quantitative estimate of drug-likeness (QED) is 0.294. The molecule has 4 heterocycles. The van der Waals surface area contributed by atoms with Crippen LogP contribution >= 0.6 is 11.8 Å².